The second kappa shape index (κ2) is 10.7. The Labute approximate surface area is 195 Å². The molecule has 4 rings (SSSR count). The van der Waals surface area contributed by atoms with Crippen LogP contribution in [0.5, 0.6) is 0 Å². The van der Waals surface area contributed by atoms with Crippen LogP contribution >= 0.6 is 0 Å². The van der Waals surface area contributed by atoms with Gasteiger partial charge < -0.3 is 14.6 Å². The molecule has 1 aromatic carbocycles. The lowest BCUT2D eigenvalue weighted by atomic mass is 10.1. The molecule has 0 fully saturated rings. The fourth-order valence-corrected chi connectivity index (χ4v) is 3.51. The summed E-state index contributed by atoms with van der Waals surface area (Å²) in [6.45, 7) is 1.12. The van der Waals surface area contributed by atoms with Crippen LogP contribution in [0.25, 0.3) is 0 Å². The molecule has 0 aliphatic heterocycles. The molecule has 0 spiro atoms. The van der Waals surface area contributed by atoms with Gasteiger partial charge in [0.1, 0.15) is 11.5 Å². The molecular weight excluding hydrogens is 437 g/mol. The molecule has 3 aromatic heterocycles. The average Bonchev–Trinajstić information content (AvgIpc) is 3.23. The van der Waals surface area contributed by atoms with Crippen LogP contribution in [-0.2, 0) is 31.0 Å². The van der Waals surface area contributed by atoms with Crippen molar-refractivity contribution in [2.75, 3.05) is 7.11 Å². The predicted molar refractivity (Wildman–Crippen MR) is 124 cm³/mol. The quantitative estimate of drug-likeness (QED) is 0.414. The third-order valence-electron chi connectivity index (χ3n) is 5.27. The molecule has 0 radical (unpaired) electrons. The van der Waals surface area contributed by atoms with Crippen molar-refractivity contribution in [3.63, 3.8) is 0 Å². The first kappa shape index (κ1) is 23.1. The van der Waals surface area contributed by atoms with E-state index < -0.39 is 5.82 Å². The number of benzene rings is 1. The van der Waals surface area contributed by atoms with Crippen LogP contribution in [0.3, 0.4) is 0 Å². The summed E-state index contributed by atoms with van der Waals surface area (Å²) in [5, 5.41) is 7.20. The molecule has 0 bridgehead atoms. The Kier molecular flexibility index (Phi) is 7.24. The number of nitrogens with one attached hydrogen (secondary N) is 1. The number of halogens is 1. The second-order valence-corrected chi connectivity index (χ2v) is 7.75. The van der Waals surface area contributed by atoms with Crippen molar-refractivity contribution in [1.82, 2.24) is 24.6 Å². The molecular formula is C25H24FN5O3. The van der Waals surface area contributed by atoms with E-state index in [0.29, 0.717) is 29.9 Å². The van der Waals surface area contributed by atoms with Gasteiger partial charge in [0.15, 0.2) is 0 Å². The summed E-state index contributed by atoms with van der Waals surface area (Å²) < 4.78 is 22.3. The highest BCUT2D eigenvalue weighted by Gasteiger charge is 2.17. The summed E-state index contributed by atoms with van der Waals surface area (Å²) in [5.41, 5.74) is 3.10. The highest BCUT2D eigenvalue weighted by molar-refractivity contribution is 5.95. The van der Waals surface area contributed by atoms with Crippen molar-refractivity contribution in [2.24, 2.45) is 0 Å². The molecule has 0 aliphatic rings. The Bertz CT molecular complexity index is 1330. The Morgan fingerprint density at radius 2 is 1.85 bits per heavy atom. The summed E-state index contributed by atoms with van der Waals surface area (Å²) >= 11 is 0. The van der Waals surface area contributed by atoms with E-state index in [1.54, 1.807) is 27.7 Å². The van der Waals surface area contributed by atoms with Gasteiger partial charge in [-0.3, -0.25) is 19.3 Å². The summed E-state index contributed by atoms with van der Waals surface area (Å²) in [6, 6.07) is 14.2. The molecule has 0 atom stereocenters. The number of nitrogens with zero attached hydrogens (tertiary/aromatic N) is 4. The summed E-state index contributed by atoms with van der Waals surface area (Å²) in [7, 11) is 1.53. The van der Waals surface area contributed by atoms with E-state index in [2.05, 4.69) is 15.4 Å². The molecule has 0 unspecified atom stereocenters. The van der Waals surface area contributed by atoms with Gasteiger partial charge in [0.2, 0.25) is 0 Å². The highest BCUT2D eigenvalue weighted by atomic mass is 19.1. The number of hydrogen-bond donors (Lipinski definition) is 1. The number of ether oxygens (including phenoxy) is 1. The first-order valence-electron chi connectivity index (χ1n) is 10.7. The normalized spacial score (nSPS) is 10.9. The summed E-state index contributed by atoms with van der Waals surface area (Å²) in [6.07, 6.45) is 6.15. The van der Waals surface area contributed by atoms with Gasteiger partial charge in [0.05, 0.1) is 25.3 Å². The molecule has 1 amide bonds. The second-order valence-electron chi connectivity index (χ2n) is 7.75. The number of rotatable bonds is 9. The lowest BCUT2D eigenvalue weighted by Crippen LogP contribution is -2.24. The van der Waals surface area contributed by atoms with Gasteiger partial charge in [-0.25, -0.2) is 4.39 Å². The Morgan fingerprint density at radius 1 is 1.09 bits per heavy atom. The number of methoxy groups -OCH3 is 1. The lowest BCUT2D eigenvalue weighted by molar-refractivity contribution is 0.0945. The van der Waals surface area contributed by atoms with Crippen molar-refractivity contribution in [1.29, 1.82) is 0 Å². The molecule has 34 heavy (non-hydrogen) atoms. The maximum Gasteiger partial charge on any atom is 0.255 e. The van der Waals surface area contributed by atoms with Crippen LogP contribution in [0.15, 0.2) is 78.1 Å². The van der Waals surface area contributed by atoms with Crippen LogP contribution in [0.2, 0.25) is 0 Å². The SMILES string of the molecule is COCc1nn(Cc2ccc(Cn3ccccc3=O)cc2)cc1C(=O)NCc1cnccc1F. The van der Waals surface area contributed by atoms with E-state index in [1.165, 1.54) is 31.6 Å². The average molecular weight is 461 g/mol. The lowest BCUT2D eigenvalue weighted by Gasteiger charge is -2.07. The van der Waals surface area contributed by atoms with Gasteiger partial charge in [-0.05, 0) is 23.3 Å². The predicted octanol–water partition coefficient (Wildman–Crippen LogP) is 2.75. The van der Waals surface area contributed by atoms with E-state index in [4.69, 9.17) is 4.74 Å². The molecule has 4 aromatic rings. The van der Waals surface area contributed by atoms with Crippen molar-refractivity contribution in [3.05, 3.63) is 117 Å². The van der Waals surface area contributed by atoms with Gasteiger partial charge in [0, 0.05) is 50.1 Å². The van der Waals surface area contributed by atoms with Crippen molar-refractivity contribution in [3.8, 4) is 0 Å². The minimum Gasteiger partial charge on any atom is -0.378 e. The fourth-order valence-electron chi connectivity index (χ4n) is 3.51. The molecule has 0 saturated heterocycles. The van der Waals surface area contributed by atoms with Crippen LogP contribution in [0.4, 0.5) is 4.39 Å². The van der Waals surface area contributed by atoms with Crippen molar-refractivity contribution >= 4 is 5.91 Å². The maximum absolute atomic E-state index is 13.8. The van der Waals surface area contributed by atoms with E-state index >= 15 is 0 Å². The minimum atomic E-state index is -0.427. The van der Waals surface area contributed by atoms with Gasteiger partial charge in [-0.15, -0.1) is 0 Å². The van der Waals surface area contributed by atoms with Crippen LogP contribution < -0.4 is 10.9 Å². The largest absolute Gasteiger partial charge is 0.378 e. The molecule has 9 heteroatoms. The first-order valence-corrected chi connectivity index (χ1v) is 10.7. The van der Waals surface area contributed by atoms with Gasteiger partial charge in [-0.1, -0.05) is 30.3 Å². The van der Waals surface area contributed by atoms with Crippen LogP contribution in [-0.4, -0.2) is 32.3 Å². The zero-order valence-electron chi connectivity index (χ0n) is 18.6. The number of carbonyl (C=O) groups is 1. The molecule has 0 aliphatic carbocycles. The number of aromatic nitrogens is 4. The Hall–Kier alpha value is -4.11. The zero-order valence-corrected chi connectivity index (χ0v) is 18.6. The molecule has 1 N–H and O–H groups in total. The fraction of sp³-hybridized carbons (Fsp3) is 0.200. The number of carbonyl (C=O) groups excluding carboxylic acids is 1. The zero-order chi connectivity index (χ0) is 23.9. The third kappa shape index (κ3) is 5.62. The Morgan fingerprint density at radius 3 is 2.56 bits per heavy atom. The summed E-state index contributed by atoms with van der Waals surface area (Å²) in [5.74, 6) is -0.797. The molecule has 0 saturated carbocycles. The number of hydrogen-bond acceptors (Lipinski definition) is 5. The van der Waals surface area contributed by atoms with Crippen LogP contribution in [0, 0.1) is 5.82 Å². The first-order chi connectivity index (χ1) is 16.5. The number of pyridine rings is 2. The monoisotopic (exact) mass is 461 g/mol. The van der Waals surface area contributed by atoms with Gasteiger partial charge in [-0.2, -0.15) is 5.10 Å². The van der Waals surface area contributed by atoms with Gasteiger partial charge >= 0.3 is 0 Å². The van der Waals surface area contributed by atoms with E-state index in [0.717, 1.165) is 11.1 Å². The number of amides is 1. The van der Waals surface area contributed by atoms with E-state index in [-0.39, 0.29) is 24.6 Å². The van der Waals surface area contributed by atoms with Crippen LogP contribution in [0.1, 0.15) is 32.7 Å². The molecule has 8 nitrogen and oxygen atoms in total. The van der Waals surface area contributed by atoms with E-state index in [9.17, 15) is 14.0 Å². The molecule has 3 heterocycles. The molecule has 174 valence electrons. The minimum absolute atomic E-state index is 0.0159. The highest BCUT2D eigenvalue weighted by Crippen LogP contribution is 2.13. The van der Waals surface area contributed by atoms with Crippen molar-refractivity contribution in [2.45, 2.75) is 26.2 Å². The maximum atomic E-state index is 13.8. The summed E-state index contributed by atoms with van der Waals surface area (Å²) in [4.78, 5) is 28.5. The third-order valence-corrected chi connectivity index (χ3v) is 5.27. The van der Waals surface area contributed by atoms with Gasteiger partial charge in [0.25, 0.3) is 11.5 Å². The topological polar surface area (TPSA) is 91.0 Å². The standard InChI is InChI=1S/C25H24FN5O3/c1-34-17-23-21(25(33)28-13-20-12-27-10-9-22(20)26)16-31(29-23)15-19-7-5-18(6-8-19)14-30-11-3-2-4-24(30)32/h2-12,16H,13-15,17H2,1H3,(H,28,33). The Balaban J connectivity index is 1.44. The van der Waals surface area contributed by atoms with E-state index in [1.807, 2.05) is 30.3 Å². The van der Waals surface area contributed by atoms with Crippen molar-refractivity contribution < 1.29 is 13.9 Å². The smallest absolute Gasteiger partial charge is 0.255 e.